The lowest BCUT2D eigenvalue weighted by molar-refractivity contribution is 0.553. The van der Waals surface area contributed by atoms with E-state index in [1.54, 1.807) is 0 Å². The van der Waals surface area contributed by atoms with Crippen molar-refractivity contribution in [2.75, 3.05) is 19.6 Å². The molecule has 0 saturated carbocycles. The first-order chi connectivity index (χ1) is 8.08. The SMILES string of the molecule is CCNCCCNS(=O)(=O)c1ccccc1F. The van der Waals surface area contributed by atoms with Crippen LogP contribution < -0.4 is 10.0 Å². The van der Waals surface area contributed by atoms with Crippen LogP contribution in [0.25, 0.3) is 0 Å². The molecule has 0 saturated heterocycles. The molecule has 0 aromatic heterocycles. The number of hydrogen-bond acceptors (Lipinski definition) is 3. The van der Waals surface area contributed by atoms with E-state index in [0.717, 1.165) is 19.2 Å². The Morgan fingerprint density at radius 2 is 1.94 bits per heavy atom. The minimum absolute atomic E-state index is 0.295. The smallest absolute Gasteiger partial charge is 0.243 e. The first kappa shape index (κ1) is 14.1. The monoisotopic (exact) mass is 260 g/mol. The Hall–Kier alpha value is -0.980. The molecule has 0 aliphatic rings. The van der Waals surface area contributed by atoms with Crippen molar-refractivity contribution >= 4 is 10.0 Å². The maximum Gasteiger partial charge on any atom is 0.243 e. The van der Waals surface area contributed by atoms with Crippen LogP contribution in [0, 0.1) is 5.82 Å². The van der Waals surface area contributed by atoms with E-state index in [0.29, 0.717) is 13.0 Å². The molecule has 0 bridgehead atoms. The topological polar surface area (TPSA) is 58.2 Å². The van der Waals surface area contributed by atoms with Crippen LogP contribution in [0.1, 0.15) is 13.3 Å². The molecule has 1 rings (SSSR count). The third-order valence-electron chi connectivity index (χ3n) is 2.20. The second-order valence-corrected chi connectivity index (χ2v) is 5.27. The number of nitrogens with one attached hydrogen (secondary N) is 2. The summed E-state index contributed by atoms with van der Waals surface area (Å²) in [5, 5.41) is 3.08. The van der Waals surface area contributed by atoms with Crippen LogP contribution >= 0.6 is 0 Å². The maximum absolute atomic E-state index is 13.3. The van der Waals surface area contributed by atoms with E-state index in [4.69, 9.17) is 0 Å². The highest BCUT2D eigenvalue weighted by Gasteiger charge is 2.17. The highest BCUT2D eigenvalue weighted by Crippen LogP contribution is 2.12. The fraction of sp³-hybridized carbons (Fsp3) is 0.455. The second kappa shape index (κ2) is 6.68. The zero-order valence-electron chi connectivity index (χ0n) is 9.74. The lowest BCUT2D eigenvalue weighted by Gasteiger charge is -2.07. The number of rotatable bonds is 7. The molecule has 96 valence electrons. The zero-order valence-corrected chi connectivity index (χ0v) is 10.6. The van der Waals surface area contributed by atoms with Crippen molar-refractivity contribution in [3.63, 3.8) is 0 Å². The summed E-state index contributed by atoms with van der Waals surface area (Å²) < 4.78 is 39.1. The standard InChI is InChI=1S/C11H17FN2O2S/c1-2-13-8-5-9-14-17(15,16)11-7-4-3-6-10(11)12/h3-4,6-7,13-14H,2,5,8-9H2,1H3. The summed E-state index contributed by atoms with van der Waals surface area (Å²) in [7, 11) is -3.73. The molecule has 4 nitrogen and oxygen atoms in total. The third kappa shape index (κ3) is 4.41. The molecular weight excluding hydrogens is 243 g/mol. The van der Waals surface area contributed by atoms with Gasteiger partial charge in [0.25, 0.3) is 0 Å². The van der Waals surface area contributed by atoms with E-state index in [1.807, 2.05) is 6.92 Å². The summed E-state index contributed by atoms with van der Waals surface area (Å²) in [6.45, 7) is 3.85. The molecule has 17 heavy (non-hydrogen) atoms. The van der Waals surface area contributed by atoms with Crippen molar-refractivity contribution in [1.82, 2.24) is 10.0 Å². The van der Waals surface area contributed by atoms with Gasteiger partial charge in [-0.05, 0) is 31.6 Å². The first-order valence-corrected chi connectivity index (χ1v) is 7.01. The molecule has 0 atom stereocenters. The average molecular weight is 260 g/mol. The zero-order chi connectivity index (χ0) is 12.7. The molecule has 0 fully saturated rings. The van der Waals surface area contributed by atoms with Gasteiger partial charge in [0.1, 0.15) is 10.7 Å². The number of hydrogen-bond donors (Lipinski definition) is 2. The molecular formula is C11H17FN2O2S. The van der Waals surface area contributed by atoms with Gasteiger partial charge in [-0.1, -0.05) is 19.1 Å². The number of halogens is 1. The number of sulfonamides is 1. The minimum atomic E-state index is -3.73. The molecule has 0 spiro atoms. The van der Waals surface area contributed by atoms with Gasteiger partial charge in [0, 0.05) is 6.54 Å². The van der Waals surface area contributed by atoms with Gasteiger partial charge >= 0.3 is 0 Å². The maximum atomic E-state index is 13.3. The quantitative estimate of drug-likeness (QED) is 0.722. The van der Waals surface area contributed by atoms with Crippen molar-refractivity contribution in [3.05, 3.63) is 30.1 Å². The van der Waals surface area contributed by atoms with Crippen LogP contribution in [-0.2, 0) is 10.0 Å². The van der Waals surface area contributed by atoms with Crippen LogP contribution in [0.2, 0.25) is 0 Å². The van der Waals surface area contributed by atoms with E-state index in [-0.39, 0.29) is 4.90 Å². The van der Waals surface area contributed by atoms with Crippen molar-refractivity contribution in [1.29, 1.82) is 0 Å². The van der Waals surface area contributed by atoms with E-state index in [2.05, 4.69) is 10.0 Å². The van der Waals surface area contributed by atoms with Crippen LogP contribution in [0.15, 0.2) is 29.2 Å². The Morgan fingerprint density at radius 1 is 1.24 bits per heavy atom. The third-order valence-corrected chi connectivity index (χ3v) is 3.69. The summed E-state index contributed by atoms with van der Waals surface area (Å²) in [5.41, 5.74) is 0. The van der Waals surface area contributed by atoms with Crippen molar-refractivity contribution < 1.29 is 12.8 Å². The predicted octanol–water partition coefficient (Wildman–Crippen LogP) is 1.10. The van der Waals surface area contributed by atoms with Crippen molar-refractivity contribution in [3.8, 4) is 0 Å². The first-order valence-electron chi connectivity index (χ1n) is 5.53. The molecule has 0 aliphatic heterocycles. The predicted molar refractivity (Wildman–Crippen MR) is 64.7 cm³/mol. The Balaban J connectivity index is 2.55. The molecule has 1 aromatic rings. The van der Waals surface area contributed by atoms with Gasteiger partial charge in [-0.3, -0.25) is 0 Å². The van der Waals surface area contributed by atoms with Gasteiger partial charge in [0.05, 0.1) is 0 Å². The molecule has 2 N–H and O–H groups in total. The van der Waals surface area contributed by atoms with Gasteiger partial charge in [0.15, 0.2) is 0 Å². The van der Waals surface area contributed by atoms with Crippen LogP contribution in [0.3, 0.4) is 0 Å². The number of benzene rings is 1. The van der Waals surface area contributed by atoms with Crippen LogP contribution in [-0.4, -0.2) is 28.1 Å². The molecule has 0 amide bonds. The summed E-state index contributed by atoms with van der Waals surface area (Å²) in [6, 6.07) is 5.34. The molecule has 0 unspecified atom stereocenters. The average Bonchev–Trinajstić information content (AvgIpc) is 2.29. The summed E-state index contributed by atoms with van der Waals surface area (Å²) in [5.74, 6) is -0.730. The van der Waals surface area contributed by atoms with E-state index in [9.17, 15) is 12.8 Å². The lowest BCUT2D eigenvalue weighted by atomic mass is 10.4. The van der Waals surface area contributed by atoms with Gasteiger partial charge in [-0.15, -0.1) is 0 Å². The summed E-state index contributed by atoms with van der Waals surface area (Å²) in [6.07, 6.45) is 0.668. The van der Waals surface area contributed by atoms with Gasteiger partial charge in [0.2, 0.25) is 10.0 Å². The largest absolute Gasteiger partial charge is 0.317 e. The summed E-state index contributed by atoms with van der Waals surface area (Å²) >= 11 is 0. The Bertz CT molecular complexity index is 449. The Labute approximate surface area is 101 Å². The fourth-order valence-electron chi connectivity index (χ4n) is 1.34. The second-order valence-electron chi connectivity index (χ2n) is 3.54. The molecule has 6 heteroatoms. The Kier molecular flexibility index (Phi) is 5.54. The van der Waals surface area contributed by atoms with Gasteiger partial charge in [-0.25, -0.2) is 17.5 Å². The highest BCUT2D eigenvalue weighted by molar-refractivity contribution is 7.89. The van der Waals surface area contributed by atoms with Crippen molar-refractivity contribution in [2.45, 2.75) is 18.2 Å². The molecule has 0 aliphatic carbocycles. The van der Waals surface area contributed by atoms with Crippen LogP contribution in [0.5, 0.6) is 0 Å². The van der Waals surface area contributed by atoms with Gasteiger partial charge in [-0.2, -0.15) is 0 Å². The fourth-order valence-corrected chi connectivity index (χ4v) is 2.49. The van der Waals surface area contributed by atoms with Gasteiger partial charge < -0.3 is 5.32 Å². The molecule has 0 radical (unpaired) electrons. The lowest BCUT2D eigenvalue weighted by Crippen LogP contribution is -2.28. The van der Waals surface area contributed by atoms with Crippen LogP contribution in [0.4, 0.5) is 4.39 Å². The molecule has 0 heterocycles. The van der Waals surface area contributed by atoms with E-state index in [1.165, 1.54) is 18.2 Å². The summed E-state index contributed by atoms with van der Waals surface area (Å²) in [4.78, 5) is -0.302. The van der Waals surface area contributed by atoms with Crippen molar-refractivity contribution in [2.24, 2.45) is 0 Å². The normalized spacial score (nSPS) is 11.6. The van der Waals surface area contributed by atoms with E-state index < -0.39 is 15.8 Å². The minimum Gasteiger partial charge on any atom is -0.317 e. The Morgan fingerprint density at radius 3 is 2.59 bits per heavy atom. The highest BCUT2D eigenvalue weighted by atomic mass is 32.2. The molecule has 1 aromatic carbocycles. The van der Waals surface area contributed by atoms with E-state index >= 15 is 0 Å².